The molecule has 0 amide bonds. The van der Waals surface area contributed by atoms with Crippen molar-refractivity contribution in [2.45, 2.75) is 19.3 Å². The molecule has 0 saturated carbocycles. The Bertz CT molecular complexity index is 111. The van der Waals surface area contributed by atoms with Gasteiger partial charge in [-0.1, -0.05) is 0 Å². The summed E-state index contributed by atoms with van der Waals surface area (Å²) >= 11 is 0. The van der Waals surface area contributed by atoms with Gasteiger partial charge in [0.2, 0.25) is 6.29 Å². The average molecular weight is 150 g/mol. The van der Waals surface area contributed by atoms with E-state index in [0.717, 1.165) is 0 Å². The molecule has 0 spiro atoms. The molecule has 2 unspecified atom stereocenters. The number of rotatable bonds is 3. The highest BCUT2D eigenvalue weighted by Crippen LogP contribution is 1.90. The van der Waals surface area contributed by atoms with Crippen LogP contribution in [0, 0.1) is 0 Å². The third-order valence-corrected chi connectivity index (χ3v) is 0.749. The minimum Gasteiger partial charge on any atom is -0.431 e. The highest BCUT2D eigenvalue weighted by atomic mass is 16.6. The number of aliphatic hydroxyl groups excluding tert-OH is 3. The summed E-state index contributed by atoms with van der Waals surface area (Å²) in [6, 6.07) is 0. The van der Waals surface area contributed by atoms with Crippen LogP contribution in [0.1, 0.15) is 6.92 Å². The van der Waals surface area contributed by atoms with E-state index in [1.807, 2.05) is 0 Å². The van der Waals surface area contributed by atoms with Crippen LogP contribution in [0.4, 0.5) is 0 Å². The highest BCUT2D eigenvalue weighted by Gasteiger charge is 2.14. The second kappa shape index (κ2) is 4.21. The molecule has 0 aromatic heterocycles. The summed E-state index contributed by atoms with van der Waals surface area (Å²) in [6.07, 6.45) is -2.82. The molecule has 0 rings (SSSR count). The van der Waals surface area contributed by atoms with Crippen LogP contribution in [0.5, 0.6) is 0 Å². The van der Waals surface area contributed by atoms with Crippen molar-refractivity contribution in [2.24, 2.45) is 0 Å². The topological polar surface area (TPSA) is 87.0 Å². The smallest absolute Gasteiger partial charge is 0.337 e. The summed E-state index contributed by atoms with van der Waals surface area (Å²) in [5.41, 5.74) is 0. The SMILES string of the molecule is CC(O)C(=O)OC(O)CO. The van der Waals surface area contributed by atoms with E-state index >= 15 is 0 Å². The monoisotopic (exact) mass is 150 g/mol. The molecular weight excluding hydrogens is 140 g/mol. The van der Waals surface area contributed by atoms with Crippen molar-refractivity contribution in [3.8, 4) is 0 Å². The van der Waals surface area contributed by atoms with Gasteiger partial charge in [0, 0.05) is 0 Å². The maximum absolute atomic E-state index is 10.4. The van der Waals surface area contributed by atoms with E-state index in [1.54, 1.807) is 0 Å². The van der Waals surface area contributed by atoms with Gasteiger partial charge >= 0.3 is 5.97 Å². The molecule has 5 heteroatoms. The molecule has 10 heavy (non-hydrogen) atoms. The van der Waals surface area contributed by atoms with Crippen LogP contribution in [-0.2, 0) is 9.53 Å². The quantitative estimate of drug-likeness (QED) is 0.327. The van der Waals surface area contributed by atoms with Gasteiger partial charge in [-0.05, 0) is 6.92 Å². The molecular formula is C5H10O5. The molecule has 0 radical (unpaired) electrons. The lowest BCUT2D eigenvalue weighted by Gasteiger charge is -2.09. The fourth-order valence-corrected chi connectivity index (χ4v) is 0.270. The van der Waals surface area contributed by atoms with Gasteiger partial charge in [0.05, 0.1) is 0 Å². The fourth-order valence-electron chi connectivity index (χ4n) is 0.270. The summed E-state index contributed by atoms with van der Waals surface area (Å²) in [5, 5.41) is 25.1. The van der Waals surface area contributed by atoms with Crippen molar-refractivity contribution in [2.75, 3.05) is 6.61 Å². The second-order valence-electron chi connectivity index (χ2n) is 1.75. The van der Waals surface area contributed by atoms with Gasteiger partial charge < -0.3 is 20.1 Å². The van der Waals surface area contributed by atoms with Crippen LogP contribution in [-0.4, -0.2) is 40.3 Å². The first-order valence-corrected chi connectivity index (χ1v) is 2.75. The number of hydrogen-bond acceptors (Lipinski definition) is 5. The first kappa shape index (κ1) is 9.35. The molecule has 0 bridgehead atoms. The number of ether oxygens (including phenoxy) is 1. The minimum absolute atomic E-state index is 0.668. The van der Waals surface area contributed by atoms with Crippen LogP contribution in [0.2, 0.25) is 0 Å². The maximum atomic E-state index is 10.4. The Morgan fingerprint density at radius 3 is 2.40 bits per heavy atom. The zero-order chi connectivity index (χ0) is 8.15. The van der Waals surface area contributed by atoms with Gasteiger partial charge in [-0.25, -0.2) is 4.79 Å². The molecule has 3 N–H and O–H groups in total. The van der Waals surface area contributed by atoms with Crippen LogP contribution >= 0.6 is 0 Å². The summed E-state index contributed by atoms with van der Waals surface area (Å²) in [7, 11) is 0. The molecule has 0 aromatic rings. The van der Waals surface area contributed by atoms with E-state index in [4.69, 9.17) is 15.3 Å². The van der Waals surface area contributed by atoms with Crippen molar-refractivity contribution >= 4 is 5.97 Å². The minimum atomic E-state index is -1.54. The third kappa shape index (κ3) is 3.39. The Labute approximate surface area is 57.9 Å². The van der Waals surface area contributed by atoms with Crippen molar-refractivity contribution < 1.29 is 24.9 Å². The van der Waals surface area contributed by atoms with E-state index in [-0.39, 0.29) is 0 Å². The molecule has 0 aliphatic carbocycles. The number of carbonyl (C=O) groups excluding carboxylic acids is 1. The number of hydrogen-bond donors (Lipinski definition) is 3. The van der Waals surface area contributed by atoms with Gasteiger partial charge in [0.1, 0.15) is 12.7 Å². The Balaban J connectivity index is 3.57. The molecule has 2 atom stereocenters. The van der Waals surface area contributed by atoms with Crippen LogP contribution in [0.15, 0.2) is 0 Å². The Kier molecular flexibility index (Phi) is 3.94. The van der Waals surface area contributed by atoms with Gasteiger partial charge in [-0.2, -0.15) is 0 Å². The molecule has 0 saturated heterocycles. The lowest BCUT2D eigenvalue weighted by atomic mass is 10.4. The van der Waals surface area contributed by atoms with Crippen molar-refractivity contribution in [3.05, 3.63) is 0 Å². The normalized spacial score (nSPS) is 16.0. The van der Waals surface area contributed by atoms with E-state index in [0.29, 0.717) is 0 Å². The predicted octanol–water partition coefficient (Wildman–Crippen LogP) is -1.78. The highest BCUT2D eigenvalue weighted by molar-refractivity contribution is 5.73. The third-order valence-electron chi connectivity index (χ3n) is 0.749. The standard InChI is InChI=1S/C5H10O5/c1-3(7)5(9)10-4(8)2-6/h3-4,6-8H,2H2,1H3. The van der Waals surface area contributed by atoms with Crippen LogP contribution < -0.4 is 0 Å². The largest absolute Gasteiger partial charge is 0.431 e. The van der Waals surface area contributed by atoms with Crippen LogP contribution in [0.3, 0.4) is 0 Å². The van der Waals surface area contributed by atoms with E-state index < -0.39 is 25.0 Å². The van der Waals surface area contributed by atoms with Crippen LogP contribution in [0.25, 0.3) is 0 Å². The predicted molar refractivity (Wildman–Crippen MR) is 30.9 cm³/mol. The van der Waals surface area contributed by atoms with Crippen molar-refractivity contribution in [1.29, 1.82) is 0 Å². The van der Waals surface area contributed by atoms with E-state index in [1.165, 1.54) is 6.92 Å². The Morgan fingerprint density at radius 2 is 2.10 bits per heavy atom. The summed E-state index contributed by atoms with van der Waals surface area (Å²) in [6.45, 7) is 0.533. The number of aliphatic hydroxyl groups is 3. The summed E-state index contributed by atoms with van der Waals surface area (Å²) in [5.74, 6) is -0.957. The molecule has 0 fully saturated rings. The Morgan fingerprint density at radius 1 is 1.60 bits per heavy atom. The zero-order valence-electron chi connectivity index (χ0n) is 5.52. The first-order chi connectivity index (χ1) is 4.57. The molecule has 0 aromatic carbocycles. The van der Waals surface area contributed by atoms with E-state index in [2.05, 4.69) is 4.74 Å². The number of carbonyl (C=O) groups is 1. The number of esters is 1. The Hall–Kier alpha value is -0.650. The van der Waals surface area contributed by atoms with E-state index in [9.17, 15) is 4.79 Å². The van der Waals surface area contributed by atoms with Gasteiger partial charge in [-0.3, -0.25) is 0 Å². The lowest BCUT2D eigenvalue weighted by molar-refractivity contribution is -0.182. The molecule has 60 valence electrons. The molecule has 5 nitrogen and oxygen atoms in total. The molecule has 0 heterocycles. The average Bonchev–Trinajstić information content (AvgIpc) is 1.87. The molecule has 0 aliphatic heterocycles. The fraction of sp³-hybridized carbons (Fsp3) is 0.800. The second-order valence-corrected chi connectivity index (χ2v) is 1.75. The summed E-state index contributed by atoms with van der Waals surface area (Å²) in [4.78, 5) is 10.4. The van der Waals surface area contributed by atoms with Crippen molar-refractivity contribution in [1.82, 2.24) is 0 Å². The summed E-state index contributed by atoms with van der Waals surface area (Å²) < 4.78 is 4.08. The van der Waals surface area contributed by atoms with Gasteiger partial charge in [0.25, 0.3) is 0 Å². The molecule has 0 aliphatic rings. The zero-order valence-corrected chi connectivity index (χ0v) is 5.52. The van der Waals surface area contributed by atoms with Gasteiger partial charge in [0.15, 0.2) is 0 Å². The maximum Gasteiger partial charge on any atom is 0.337 e. The lowest BCUT2D eigenvalue weighted by Crippen LogP contribution is -2.27. The van der Waals surface area contributed by atoms with Gasteiger partial charge in [-0.15, -0.1) is 0 Å². The van der Waals surface area contributed by atoms with Crippen molar-refractivity contribution in [3.63, 3.8) is 0 Å². The first-order valence-electron chi connectivity index (χ1n) is 2.75.